The van der Waals surface area contributed by atoms with Crippen molar-refractivity contribution in [1.29, 1.82) is 0 Å². The number of nitrogens with two attached hydrogens (primary N) is 1. The lowest BCUT2D eigenvalue weighted by molar-refractivity contribution is -0.109. The van der Waals surface area contributed by atoms with Gasteiger partial charge in [-0.05, 0) is 6.42 Å². The third kappa shape index (κ3) is 3.79. The Balaban J connectivity index is 1.73. The summed E-state index contributed by atoms with van der Waals surface area (Å²) in [6.07, 6.45) is 4.09. The standard InChI is InChI=1S/C16H26N6O4/c1-2-3-4-5-6-21-26-13-12(24)10(7-23)25-16(13)22-9-20-11-14(17)18-8-19-15(11)22/h8-10,12-13,16,21,23-24H,2-7H2,1H3,(H2,17,18,19)/t10-,12-,13-,16-/m1/s1. The molecule has 0 aromatic carbocycles. The average molecular weight is 366 g/mol. The third-order valence-electron chi connectivity index (χ3n) is 4.51. The molecule has 1 aliphatic rings. The molecule has 1 saturated heterocycles. The number of aliphatic hydroxyl groups is 2. The Hall–Kier alpha value is -1.85. The monoisotopic (exact) mass is 366 g/mol. The Labute approximate surface area is 151 Å². The van der Waals surface area contributed by atoms with E-state index in [1.807, 2.05) is 0 Å². The lowest BCUT2D eigenvalue weighted by Crippen LogP contribution is -2.39. The van der Waals surface area contributed by atoms with Crippen molar-refractivity contribution in [3.8, 4) is 0 Å². The molecule has 10 heteroatoms. The second-order valence-electron chi connectivity index (χ2n) is 6.36. The van der Waals surface area contributed by atoms with Gasteiger partial charge in [-0.15, -0.1) is 0 Å². The van der Waals surface area contributed by atoms with Gasteiger partial charge in [-0.25, -0.2) is 20.4 Å². The van der Waals surface area contributed by atoms with Crippen LogP contribution in [0.3, 0.4) is 0 Å². The number of nitrogen functional groups attached to an aromatic ring is 1. The van der Waals surface area contributed by atoms with E-state index in [-0.39, 0.29) is 12.4 Å². The summed E-state index contributed by atoms with van der Waals surface area (Å²) in [4.78, 5) is 18.0. The van der Waals surface area contributed by atoms with E-state index in [0.29, 0.717) is 17.7 Å². The van der Waals surface area contributed by atoms with Crippen molar-refractivity contribution >= 4 is 17.0 Å². The number of imidazole rings is 1. The summed E-state index contributed by atoms with van der Waals surface area (Å²) < 4.78 is 7.41. The summed E-state index contributed by atoms with van der Waals surface area (Å²) in [7, 11) is 0. The van der Waals surface area contributed by atoms with Gasteiger partial charge in [0.2, 0.25) is 0 Å². The van der Waals surface area contributed by atoms with Gasteiger partial charge in [-0.3, -0.25) is 9.40 Å². The molecule has 0 amide bonds. The molecule has 4 atom stereocenters. The molecule has 0 bridgehead atoms. The Morgan fingerprint density at radius 3 is 2.92 bits per heavy atom. The number of aromatic nitrogens is 4. The Morgan fingerprint density at radius 2 is 2.15 bits per heavy atom. The van der Waals surface area contributed by atoms with Crippen LogP contribution < -0.4 is 11.2 Å². The predicted octanol–water partition coefficient (Wildman–Crippen LogP) is 0.129. The van der Waals surface area contributed by atoms with Gasteiger partial charge in [-0.1, -0.05) is 26.2 Å². The first-order valence-corrected chi connectivity index (χ1v) is 8.93. The third-order valence-corrected chi connectivity index (χ3v) is 4.51. The molecule has 3 rings (SSSR count). The van der Waals surface area contributed by atoms with Crippen molar-refractivity contribution in [2.75, 3.05) is 18.9 Å². The Kier molecular flexibility index (Phi) is 6.33. The van der Waals surface area contributed by atoms with Gasteiger partial charge in [0.25, 0.3) is 0 Å². The fraction of sp³-hybridized carbons (Fsp3) is 0.688. The second kappa shape index (κ2) is 8.69. The van der Waals surface area contributed by atoms with Crippen LogP contribution in [0.5, 0.6) is 0 Å². The molecule has 1 fully saturated rings. The number of nitrogens with zero attached hydrogens (tertiary/aromatic N) is 4. The number of nitrogens with one attached hydrogen (secondary N) is 1. The van der Waals surface area contributed by atoms with Gasteiger partial charge in [0, 0.05) is 6.54 Å². The molecule has 3 heterocycles. The summed E-state index contributed by atoms with van der Waals surface area (Å²) in [6.45, 7) is 2.50. The van der Waals surface area contributed by atoms with Crippen LogP contribution in [-0.4, -0.2) is 61.2 Å². The number of hydrogen-bond acceptors (Lipinski definition) is 9. The minimum Gasteiger partial charge on any atom is -0.394 e. The minimum absolute atomic E-state index is 0.262. The van der Waals surface area contributed by atoms with Crippen molar-refractivity contribution in [3.05, 3.63) is 12.7 Å². The first kappa shape index (κ1) is 18.9. The number of hydrogen-bond donors (Lipinski definition) is 4. The van der Waals surface area contributed by atoms with Crippen molar-refractivity contribution < 1.29 is 19.8 Å². The highest BCUT2D eigenvalue weighted by molar-refractivity contribution is 5.81. The molecule has 5 N–H and O–H groups in total. The quantitative estimate of drug-likeness (QED) is 0.360. The number of fused-ring (bicyclic) bond motifs is 1. The van der Waals surface area contributed by atoms with E-state index < -0.39 is 24.5 Å². The van der Waals surface area contributed by atoms with Gasteiger partial charge in [-0.2, -0.15) is 0 Å². The van der Waals surface area contributed by atoms with E-state index in [1.165, 1.54) is 19.1 Å². The largest absolute Gasteiger partial charge is 0.394 e. The van der Waals surface area contributed by atoms with Crippen LogP contribution in [-0.2, 0) is 9.57 Å². The number of rotatable bonds is 9. The lowest BCUT2D eigenvalue weighted by Gasteiger charge is -2.22. The van der Waals surface area contributed by atoms with E-state index in [9.17, 15) is 10.2 Å². The number of hydroxylamine groups is 1. The molecule has 2 aromatic heterocycles. The SMILES string of the molecule is CCCCCCNO[C@@H]1[C@H](O)[C@@H](CO)O[C@H]1n1cnc2c(N)ncnc21. The van der Waals surface area contributed by atoms with E-state index in [4.69, 9.17) is 15.3 Å². The first-order valence-electron chi connectivity index (χ1n) is 8.93. The fourth-order valence-electron chi connectivity index (χ4n) is 3.06. The molecular weight excluding hydrogens is 340 g/mol. The van der Waals surface area contributed by atoms with Crippen LogP contribution in [0.15, 0.2) is 12.7 Å². The van der Waals surface area contributed by atoms with E-state index in [2.05, 4.69) is 27.4 Å². The van der Waals surface area contributed by atoms with Gasteiger partial charge < -0.3 is 20.7 Å². The molecule has 0 spiro atoms. The van der Waals surface area contributed by atoms with Crippen molar-refractivity contribution in [3.63, 3.8) is 0 Å². The molecule has 0 unspecified atom stereocenters. The molecule has 144 valence electrons. The summed E-state index contributed by atoms with van der Waals surface area (Å²) in [5.74, 6) is 0.262. The minimum atomic E-state index is -0.996. The maximum atomic E-state index is 10.4. The highest BCUT2D eigenvalue weighted by Gasteiger charge is 2.46. The fourth-order valence-corrected chi connectivity index (χ4v) is 3.06. The van der Waals surface area contributed by atoms with Crippen LogP contribution in [0.4, 0.5) is 5.82 Å². The summed E-state index contributed by atoms with van der Waals surface area (Å²) in [6, 6.07) is 0. The molecule has 10 nitrogen and oxygen atoms in total. The van der Waals surface area contributed by atoms with Crippen LogP contribution in [0, 0.1) is 0 Å². The Morgan fingerprint density at radius 1 is 1.31 bits per heavy atom. The number of ether oxygens (including phenoxy) is 1. The molecule has 0 aliphatic carbocycles. The van der Waals surface area contributed by atoms with Crippen LogP contribution in [0.1, 0.15) is 38.8 Å². The van der Waals surface area contributed by atoms with Crippen molar-refractivity contribution in [2.24, 2.45) is 0 Å². The van der Waals surface area contributed by atoms with Crippen molar-refractivity contribution in [2.45, 2.75) is 57.1 Å². The van der Waals surface area contributed by atoms with Gasteiger partial charge in [0.1, 0.15) is 24.1 Å². The van der Waals surface area contributed by atoms with Crippen LogP contribution >= 0.6 is 0 Å². The molecule has 1 aliphatic heterocycles. The van der Waals surface area contributed by atoms with Crippen LogP contribution in [0.25, 0.3) is 11.2 Å². The molecule has 2 aromatic rings. The maximum Gasteiger partial charge on any atom is 0.168 e. The highest BCUT2D eigenvalue weighted by Crippen LogP contribution is 2.33. The van der Waals surface area contributed by atoms with E-state index >= 15 is 0 Å². The maximum absolute atomic E-state index is 10.4. The second-order valence-corrected chi connectivity index (χ2v) is 6.36. The normalized spacial score (nSPS) is 26.0. The topological polar surface area (TPSA) is 141 Å². The van der Waals surface area contributed by atoms with Gasteiger partial charge in [0.15, 0.2) is 23.8 Å². The zero-order chi connectivity index (χ0) is 18.5. The molecule has 0 saturated carbocycles. The lowest BCUT2D eigenvalue weighted by atomic mass is 10.1. The highest BCUT2D eigenvalue weighted by atomic mass is 16.7. The van der Waals surface area contributed by atoms with Gasteiger partial charge >= 0.3 is 0 Å². The summed E-state index contributed by atoms with van der Waals surface area (Å²) in [5, 5.41) is 19.9. The summed E-state index contributed by atoms with van der Waals surface area (Å²) >= 11 is 0. The van der Waals surface area contributed by atoms with E-state index in [1.54, 1.807) is 4.57 Å². The summed E-state index contributed by atoms with van der Waals surface area (Å²) in [5.41, 5.74) is 9.65. The van der Waals surface area contributed by atoms with Gasteiger partial charge in [0.05, 0.1) is 12.9 Å². The van der Waals surface area contributed by atoms with Crippen molar-refractivity contribution in [1.82, 2.24) is 25.0 Å². The number of anilines is 1. The predicted molar refractivity (Wildman–Crippen MR) is 93.8 cm³/mol. The average Bonchev–Trinajstić information content (AvgIpc) is 3.20. The Bertz CT molecular complexity index is 711. The number of unbranched alkanes of at least 4 members (excludes halogenated alkanes) is 3. The first-order chi connectivity index (χ1) is 12.7. The molecule has 26 heavy (non-hydrogen) atoms. The van der Waals surface area contributed by atoms with E-state index in [0.717, 1.165) is 19.3 Å². The molecule has 0 radical (unpaired) electrons. The van der Waals surface area contributed by atoms with Crippen LogP contribution in [0.2, 0.25) is 0 Å². The smallest absolute Gasteiger partial charge is 0.168 e. The zero-order valence-corrected chi connectivity index (χ0v) is 14.8. The molecular formula is C16H26N6O4. The number of aliphatic hydroxyl groups excluding tert-OH is 2. The zero-order valence-electron chi connectivity index (χ0n) is 14.8.